The first kappa shape index (κ1) is 11.8. The number of nitrogens with one attached hydrogen (secondary N) is 1. The number of hydrogen-bond acceptors (Lipinski definition) is 3. The summed E-state index contributed by atoms with van der Waals surface area (Å²) in [6.07, 6.45) is 1.79. The topological polar surface area (TPSA) is 50.9 Å². The van der Waals surface area contributed by atoms with E-state index in [9.17, 15) is 0 Å². The monoisotopic (exact) mass is 346 g/mol. The van der Waals surface area contributed by atoms with Crippen molar-refractivity contribution >= 4 is 0 Å². The third-order valence-corrected chi connectivity index (χ3v) is 1.35. The maximum absolute atomic E-state index is 5.31. The molecule has 0 saturated heterocycles. The van der Waals surface area contributed by atoms with Crippen LogP contribution in [-0.4, -0.2) is 18.1 Å². The Hall–Kier alpha value is -0.242. The number of hydrogen-bond donors (Lipinski definition) is 2. The second-order valence-corrected chi connectivity index (χ2v) is 2.29. The van der Waals surface area contributed by atoms with Gasteiger partial charge < -0.3 is 11.1 Å². The molecule has 70 valence electrons. The Morgan fingerprint density at radius 3 is 2.83 bits per heavy atom. The smallest absolute Gasteiger partial charge is 0.0541 e. The third-order valence-electron chi connectivity index (χ3n) is 1.35. The van der Waals surface area contributed by atoms with Gasteiger partial charge in [-0.15, -0.1) is 0 Å². The zero-order valence-corrected chi connectivity index (χ0v) is 9.04. The van der Waals surface area contributed by atoms with Crippen molar-refractivity contribution in [2.24, 2.45) is 5.73 Å². The van der Waals surface area contributed by atoms with E-state index in [0.29, 0.717) is 6.54 Å². The van der Waals surface area contributed by atoms with Gasteiger partial charge in [0.15, 0.2) is 0 Å². The summed E-state index contributed by atoms with van der Waals surface area (Å²) < 4.78 is 0. The molecule has 1 heterocycles. The summed E-state index contributed by atoms with van der Waals surface area (Å²) in [5.74, 6) is 0. The molecule has 4 heteroatoms. The molecule has 0 fully saturated rings. The molecule has 0 atom stereocenters. The standard InChI is InChI=1S/C8H13N3.Pt/c9-4-6-10-7-8-3-1-2-5-11-8;/h1-3,5,10H,4,6-7,9H2;. The first-order valence-corrected chi connectivity index (χ1v) is 3.74. The molecule has 0 saturated carbocycles. The summed E-state index contributed by atoms with van der Waals surface area (Å²) in [5, 5.41) is 3.16. The molecule has 0 aliphatic heterocycles. The van der Waals surface area contributed by atoms with Crippen molar-refractivity contribution in [3.05, 3.63) is 30.1 Å². The van der Waals surface area contributed by atoms with Gasteiger partial charge in [0.25, 0.3) is 0 Å². The van der Waals surface area contributed by atoms with Crippen molar-refractivity contribution in [2.45, 2.75) is 6.54 Å². The molecule has 1 rings (SSSR count). The average molecular weight is 346 g/mol. The summed E-state index contributed by atoms with van der Waals surface area (Å²) in [5.41, 5.74) is 6.37. The molecule has 0 amide bonds. The Labute approximate surface area is 87.0 Å². The maximum Gasteiger partial charge on any atom is 0.0541 e. The van der Waals surface area contributed by atoms with Crippen molar-refractivity contribution in [1.82, 2.24) is 10.3 Å². The minimum atomic E-state index is 0. The Morgan fingerprint density at radius 1 is 1.42 bits per heavy atom. The van der Waals surface area contributed by atoms with Crippen molar-refractivity contribution in [2.75, 3.05) is 13.1 Å². The largest absolute Gasteiger partial charge is 0.329 e. The van der Waals surface area contributed by atoms with Crippen LogP contribution in [-0.2, 0) is 27.6 Å². The minimum Gasteiger partial charge on any atom is -0.329 e. The summed E-state index contributed by atoms with van der Waals surface area (Å²) >= 11 is 0. The molecule has 3 N–H and O–H groups in total. The van der Waals surface area contributed by atoms with E-state index in [1.54, 1.807) is 6.20 Å². The fourth-order valence-electron chi connectivity index (χ4n) is 0.821. The van der Waals surface area contributed by atoms with Crippen LogP contribution in [0, 0.1) is 0 Å². The van der Waals surface area contributed by atoms with Crippen LogP contribution in [0.15, 0.2) is 24.4 Å². The van der Waals surface area contributed by atoms with Crippen LogP contribution in [0.4, 0.5) is 0 Å². The van der Waals surface area contributed by atoms with E-state index in [1.165, 1.54) is 0 Å². The molecule has 3 nitrogen and oxygen atoms in total. The van der Waals surface area contributed by atoms with Crippen LogP contribution in [0.25, 0.3) is 0 Å². The van der Waals surface area contributed by atoms with Crippen LogP contribution in [0.2, 0.25) is 0 Å². The van der Waals surface area contributed by atoms with Gasteiger partial charge in [0.05, 0.1) is 5.69 Å². The average Bonchev–Trinajstić information content (AvgIpc) is 2.07. The molecule has 0 radical (unpaired) electrons. The molecule has 0 aliphatic carbocycles. The van der Waals surface area contributed by atoms with Crippen molar-refractivity contribution < 1.29 is 21.1 Å². The van der Waals surface area contributed by atoms with E-state index in [1.807, 2.05) is 18.2 Å². The SMILES string of the molecule is NCCNCc1ccccn1.[Pt]. The minimum absolute atomic E-state index is 0. The second kappa shape index (κ2) is 7.41. The molecule has 0 unspecified atom stereocenters. The first-order chi connectivity index (χ1) is 5.43. The molecule has 0 aromatic carbocycles. The normalized spacial score (nSPS) is 9.08. The Kier molecular flexibility index (Phi) is 7.26. The Bertz CT molecular complexity index is 191. The Balaban J connectivity index is 0.00000121. The van der Waals surface area contributed by atoms with Gasteiger partial charge in [-0.3, -0.25) is 4.98 Å². The van der Waals surface area contributed by atoms with E-state index in [4.69, 9.17) is 5.73 Å². The maximum atomic E-state index is 5.31. The van der Waals surface area contributed by atoms with Crippen LogP contribution in [0.5, 0.6) is 0 Å². The number of pyridine rings is 1. The zero-order valence-electron chi connectivity index (χ0n) is 6.77. The van der Waals surface area contributed by atoms with E-state index < -0.39 is 0 Å². The number of nitrogens with two attached hydrogens (primary N) is 1. The molecule has 0 aliphatic rings. The van der Waals surface area contributed by atoms with Gasteiger partial charge in [0.2, 0.25) is 0 Å². The zero-order chi connectivity index (χ0) is 7.94. The molecule has 1 aromatic rings. The van der Waals surface area contributed by atoms with Crippen LogP contribution in [0.1, 0.15) is 5.69 Å². The van der Waals surface area contributed by atoms with Crippen molar-refractivity contribution in [1.29, 1.82) is 0 Å². The van der Waals surface area contributed by atoms with Gasteiger partial charge in [0.1, 0.15) is 0 Å². The van der Waals surface area contributed by atoms with Crippen LogP contribution < -0.4 is 11.1 Å². The summed E-state index contributed by atoms with van der Waals surface area (Å²) in [6.45, 7) is 2.32. The van der Waals surface area contributed by atoms with Crippen molar-refractivity contribution in [3.63, 3.8) is 0 Å². The van der Waals surface area contributed by atoms with E-state index in [0.717, 1.165) is 18.8 Å². The summed E-state index contributed by atoms with van der Waals surface area (Å²) in [7, 11) is 0. The van der Waals surface area contributed by atoms with E-state index in [-0.39, 0.29) is 21.1 Å². The predicted molar refractivity (Wildman–Crippen MR) is 45.0 cm³/mol. The van der Waals surface area contributed by atoms with E-state index in [2.05, 4.69) is 10.3 Å². The predicted octanol–water partition coefficient (Wildman–Crippen LogP) is 0.127. The molecular weight excluding hydrogens is 333 g/mol. The third kappa shape index (κ3) is 4.60. The first-order valence-electron chi connectivity index (χ1n) is 3.74. The molecule has 0 spiro atoms. The van der Waals surface area contributed by atoms with Gasteiger partial charge in [-0.1, -0.05) is 6.07 Å². The quantitative estimate of drug-likeness (QED) is 0.762. The van der Waals surface area contributed by atoms with Gasteiger partial charge >= 0.3 is 0 Å². The fraction of sp³-hybridized carbons (Fsp3) is 0.375. The summed E-state index contributed by atoms with van der Waals surface area (Å²) in [6, 6.07) is 5.88. The summed E-state index contributed by atoms with van der Waals surface area (Å²) in [4.78, 5) is 4.15. The van der Waals surface area contributed by atoms with Gasteiger partial charge in [-0.25, -0.2) is 0 Å². The molecule has 12 heavy (non-hydrogen) atoms. The van der Waals surface area contributed by atoms with Crippen LogP contribution >= 0.6 is 0 Å². The molecule has 1 aromatic heterocycles. The number of nitrogens with zero attached hydrogens (tertiary/aromatic N) is 1. The number of aromatic nitrogens is 1. The molecular formula is C8H13N3Pt. The second-order valence-electron chi connectivity index (χ2n) is 2.29. The molecule has 0 bridgehead atoms. The van der Waals surface area contributed by atoms with Crippen LogP contribution in [0.3, 0.4) is 0 Å². The van der Waals surface area contributed by atoms with Crippen molar-refractivity contribution in [3.8, 4) is 0 Å². The fourth-order valence-corrected chi connectivity index (χ4v) is 0.821. The van der Waals surface area contributed by atoms with Gasteiger partial charge in [-0.05, 0) is 12.1 Å². The van der Waals surface area contributed by atoms with E-state index >= 15 is 0 Å². The Morgan fingerprint density at radius 2 is 2.25 bits per heavy atom. The van der Waals surface area contributed by atoms with Gasteiger partial charge in [-0.2, -0.15) is 0 Å². The number of rotatable bonds is 4. The van der Waals surface area contributed by atoms with Gasteiger partial charge in [0, 0.05) is 46.9 Å².